The van der Waals surface area contributed by atoms with Crippen LogP contribution in [0.5, 0.6) is 0 Å². The Morgan fingerprint density at radius 1 is 1.30 bits per heavy atom. The summed E-state index contributed by atoms with van der Waals surface area (Å²) in [4.78, 5) is 48.9. The number of hydrogen-bond donors (Lipinski definition) is 3. The molecule has 8 nitrogen and oxygen atoms in total. The fourth-order valence-electron chi connectivity index (χ4n) is 3.20. The van der Waals surface area contributed by atoms with Crippen molar-refractivity contribution in [3.8, 4) is 0 Å². The highest BCUT2D eigenvalue weighted by Crippen LogP contribution is 2.34. The van der Waals surface area contributed by atoms with Crippen LogP contribution in [-0.4, -0.2) is 26.8 Å². The van der Waals surface area contributed by atoms with Gasteiger partial charge < -0.3 is 16.0 Å². The Labute approximate surface area is 161 Å². The molecule has 0 unspecified atom stereocenters. The summed E-state index contributed by atoms with van der Waals surface area (Å²) in [6.07, 6.45) is 3.59. The van der Waals surface area contributed by atoms with E-state index in [2.05, 4.69) is 20.3 Å². The van der Waals surface area contributed by atoms with E-state index in [1.54, 1.807) is 16.7 Å². The fraction of sp³-hybridized carbons (Fsp3) is 0.353. The molecule has 4 rings (SSSR count). The number of fused-ring (bicyclic) bond motifs is 3. The molecule has 1 aliphatic carbocycles. The number of aromatic nitrogens is 3. The predicted molar refractivity (Wildman–Crippen MR) is 104 cm³/mol. The van der Waals surface area contributed by atoms with Gasteiger partial charge in [0.25, 0.3) is 5.56 Å². The van der Waals surface area contributed by atoms with Gasteiger partial charge in [0.1, 0.15) is 10.7 Å². The van der Waals surface area contributed by atoms with Crippen molar-refractivity contribution in [3.05, 3.63) is 37.7 Å². The van der Waals surface area contributed by atoms with Crippen LogP contribution in [0.25, 0.3) is 10.2 Å². The lowest BCUT2D eigenvalue weighted by Crippen LogP contribution is -2.16. The van der Waals surface area contributed by atoms with E-state index in [4.69, 9.17) is 5.73 Å². The summed E-state index contributed by atoms with van der Waals surface area (Å²) in [5, 5.41) is 5.50. The zero-order chi connectivity index (χ0) is 19.0. The highest BCUT2D eigenvalue weighted by atomic mass is 32.1. The van der Waals surface area contributed by atoms with Gasteiger partial charge in [-0.05, 0) is 24.8 Å². The molecule has 0 bridgehead atoms. The summed E-state index contributed by atoms with van der Waals surface area (Å²) < 4.78 is 0. The Bertz CT molecular complexity index is 1100. The van der Waals surface area contributed by atoms with E-state index in [9.17, 15) is 14.4 Å². The minimum Gasteiger partial charge on any atom is -0.369 e. The van der Waals surface area contributed by atoms with Gasteiger partial charge in [-0.25, -0.2) is 9.97 Å². The quantitative estimate of drug-likeness (QED) is 0.574. The summed E-state index contributed by atoms with van der Waals surface area (Å²) in [6, 6.07) is 0. The molecular formula is C17H17N5O3S2. The summed E-state index contributed by atoms with van der Waals surface area (Å²) in [5.41, 5.74) is 6.68. The van der Waals surface area contributed by atoms with E-state index in [0.29, 0.717) is 28.5 Å². The Hall–Kier alpha value is -2.59. The average Bonchev–Trinajstić information content (AvgIpc) is 3.28. The molecule has 0 atom stereocenters. The molecule has 0 saturated heterocycles. The van der Waals surface area contributed by atoms with Crippen molar-refractivity contribution in [1.29, 1.82) is 0 Å². The number of H-pyrrole nitrogens is 1. The van der Waals surface area contributed by atoms with E-state index in [1.165, 1.54) is 16.2 Å². The standard InChI is InChI=1S/C17H17N5O3S2/c18-11(23)6-8-7-26-17(19-8)22-13(24)5-4-12-20-15(25)14-9-2-1-3-10(9)27-16(14)21-12/h7H,1-6H2,(H2,18,23)(H,19,22,24)(H,20,21,25). The Morgan fingerprint density at radius 2 is 2.15 bits per heavy atom. The molecule has 0 saturated carbocycles. The van der Waals surface area contributed by atoms with E-state index in [0.717, 1.165) is 29.7 Å². The van der Waals surface area contributed by atoms with Gasteiger partial charge in [-0.2, -0.15) is 0 Å². The number of nitrogens with zero attached hydrogens (tertiary/aromatic N) is 2. The third-order valence-electron chi connectivity index (χ3n) is 4.37. The molecular weight excluding hydrogens is 386 g/mol. The molecule has 10 heteroatoms. The van der Waals surface area contributed by atoms with Gasteiger partial charge in [0.15, 0.2) is 5.13 Å². The first-order valence-electron chi connectivity index (χ1n) is 8.55. The van der Waals surface area contributed by atoms with Crippen molar-refractivity contribution in [2.75, 3.05) is 5.32 Å². The number of carbonyl (C=O) groups excluding carboxylic acids is 2. The maximum absolute atomic E-state index is 12.4. The van der Waals surface area contributed by atoms with Crippen LogP contribution in [0.3, 0.4) is 0 Å². The average molecular weight is 403 g/mol. The number of thiophene rings is 1. The van der Waals surface area contributed by atoms with Gasteiger partial charge >= 0.3 is 0 Å². The van der Waals surface area contributed by atoms with Crippen LogP contribution in [0.2, 0.25) is 0 Å². The van der Waals surface area contributed by atoms with Crippen molar-refractivity contribution < 1.29 is 9.59 Å². The summed E-state index contributed by atoms with van der Waals surface area (Å²) >= 11 is 2.82. The van der Waals surface area contributed by atoms with Crippen molar-refractivity contribution >= 4 is 49.8 Å². The number of nitrogens with one attached hydrogen (secondary N) is 2. The number of amides is 2. The normalized spacial score (nSPS) is 13.0. The molecule has 4 N–H and O–H groups in total. The molecule has 0 radical (unpaired) electrons. The number of anilines is 1. The summed E-state index contributed by atoms with van der Waals surface area (Å²) in [6.45, 7) is 0. The fourth-order valence-corrected chi connectivity index (χ4v) is 5.21. The van der Waals surface area contributed by atoms with Gasteiger partial charge in [0, 0.05) is 23.1 Å². The second-order valence-electron chi connectivity index (χ2n) is 6.39. The second kappa shape index (κ2) is 7.20. The molecule has 0 aliphatic heterocycles. The van der Waals surface area contributed by atoms with Gasteiger partial charge in [-0.3, -0.25) is 14.4 Å². The van der Waals surface area contributed by atoms with Crippen molar-refractivity contribution in [2.24, 2.45) is 5.73 Å². The summed E-state index contributed by atoms with van der Waals surface area (Å²) in [7, 11) is 0. The molecule has 0 fully saturated rings. The van der Waals surface area contributed by atoms with Crippen molar-refractivity contribution in [3.63, 3.8) is 0 Å². The van der Waals surface area contributed by atoms with E-state index in [-0.39, 0.29) is 24.3 Å². The number of hydrogen-bond acceptors (Lipinski definition) is 7. The van der Waals surface area contributed by atoms with Crippen LogP contribution >= 0.6 is 22.7 Å². The predicted octanol–water partition coefficient (Wildman–Crippen LogP) is 1.53. The maximum atomic E-state index is 12.4. The first kappa shape index (κ1) is 17.8. The first-order valence-corrected chi connectivity index (χ1v) is 10.2. The number of aromatic amines is 1. The number of carbonyl (C=O) groups is 2. The Morgan fingerprint density at radius 3 is 2.96 bits per heavy atom. The van der Waals surface area contributed by atoms with E-state index >= 15 is 0 Å². The zero-order valence-electron chi connectivity index (χ0n) is 14.3. The van der Waals surface area contributed by atoms with Crippen LogP contribution in [-0.2, 0) is 35.3 Å². The monoisotopic (exact) mass is 403 g/mol. The highest BCUT2D eigenvalue weighted by molar-refractivity contribution is 7.18. The van der Waals surface area contributed by atoms with Gasteiger partial charge in [-0.15, -0.1) is 22.7 Å². The molecule has 2 amide bonds. The Balaban J connectivity index is 1.41. The zero-order valence-corrected chi connectivity index (χ0v) is 16.0. The first-order chi connectivity index (χ1) is 13.0. The van der Waals surface area contributed by atoms with Crippen LogP contribution < -0.4 is 16.6 Å². The molecule has 3 aromatic heterocycles. The number of thiazole rings is 1. The maximum Gasteiger partial charge on any atom is 0.259 e. The topological polar surface area (TPSA) is 131 Å². The second-order valence-corrected chi connectivity index (χ2v) is 8.33. The highest BCUT2D eigenvalue weighted by Gasteiger charge is 2.21. The van der Waals surface area contributed by atoms with Crippen molar-refractivity contribution in [2.45, 2.75) is 38.5 Å². The van der Waals surface area contributed by atoms with Crippen molar-refractivity contribution in [1.82, 2.24) is 15.0 Å². The van der Waals surface area contributed by atoms with Crippen LogP contribution in [0.15, 0.2) is 10.2 Å². The third kappa shape index (κ3) is 3.76. The molecule has 3 aromatic rings. The molecule has 1 aliphatic rings. The van der Waals surface area contributed by atoms with Crippen LogP contribution in [0, 0.1) is 0 Å². The van der Waals surface area contributed by atoms with Gasteiger partial charge in [-0.1, -0.05) is 0 Å². The van der Waals surface area contributed by atoms with Gasteiger partial charge in [0.05, 0.1) is 17.5 Å². The third-order valence-corrected chi connectivity index (χ3v) is 6.36. The van der Waals surface area contributed by atoms with Crippen LogP contribution in [0.4, 0.5) is 5.13 Å². The lowest BCUT2D eigenvalue weighted by atomic mass is 10.2. The molecule has 27 heavy (non-hydrogen) atoms. The number of nitrogens with two attached hydrogens (primary N) is 1. The largest absolute Gasteiger partial charge is 0.369 e. The number of primary amides is 1. The molecule has 0 spiro atoms. The Kier molecular flexibility index (Phi) is 4.75. The SMILES string of the molecule is NC(=O)Cc1csc(NC(=O)CCc2nc3sc4c(c3c(=O)[nH]2)CCC4)n1. The lowest BCUT2D eigenvalue weighted by Gasteiger charge is -2.02. The molecule has 3 heterocycles. The summed E-state index contributed by atoms with van der Waals surface area (Å²) in [5.74, 6) is -0.189. The minimum atomic E-state index is -0.469. The molecule has 140 valence electrons. The number of rotatable bonds is 6. The van der Waals surface area contributed by atoms with E-state index in [1.807, 2.05) is 0 Å². The van der Waals surface area contributed by atoms with Gasteiger partial charge in [0.2, 0.25) is 11.8 Å². The minimum absolute atomic E-state index is 0.0440. The lowest BCUT2D eigenvalue weighted by molar-refractivity contribution is -0.117. The van der Waals surface area contributed by atoms with Crippen LogP contribution in [0.1, 0.15) is 34.8 Å². The van der Waals surface area contributed by atoms with E-state index < -0.39 is 5.91 Å². The smallest absolute Gasteiger partial charge is 0.259 e. The number of aryl methyl sites for hydroxylation is 3. The molecule has 0 aromatic carbocycles.